The number of piperidine rings is 1. The third-order valence-corrected chi connectivity index (χ3v) is 7.30. The zero-order chi connectivity index (χ0) is 22.2. The molecule has 1 saturated carbocycles. The van der Waals surface area contributed by atoms with E-state index in [1.807, 2.05) is 12.1 Å². The van der Waals surface area contributed by atoms with Crippen LogP contribution in [-0.2, 0) is 4.79 Å². The van der Waals surface area contributed by atoms with Gasteiger partial charge in [-0.15, -0.1) is 11.8 Å². The molecule has 0 spiro atoms. The van der Waals surface area contributed by atoms with Crippen LogP contribution < -0.4 is 10.2 Å². The van der Waals surface area contributed by atoms with Crippen LogP contribution >= 0.6 is 11.8 Å². The highest BCUT2D eigenvalue weighted by Crippen LogP contribution is 2.29. The molecule has 1 aromatic heterocycles. The first-order valence-corrected chi connectivity index (χ1v) is 12.8. The molecule has 2 fully saturated rings. The van der Waals surface area contributed by atoms with Crippen LogP contribution in [0.4, 0.5) is 5.82 Å². The number of anilines is 1. The summed E-state index contributed by atoms with van der Waals surface area (Å²) in [7, 11) is 0. The van der Waals surface area contributed by atoms with Gasteiger partial charge in [0, 0.05) is 25.6 Å². The van der Waals surface area contributed by atoms with Crippen molar-refractivity contribution >= 4 is 29.5 Å². The van der Waals surface area contributed by atoms with Crippen molar-refractivity contribution in [3.8, 4) is 0 Å². The molecular formula is C24H37N3O3S. The van der Waals surface area contributed by atoms with Gasteiger partial charge in [-0.2, -0.15) is 0 Å². The molecule has 1 amide bonds. The first-order valence-electron chi connectivity index (χ1n) is 11.8. The Morgan fingerprint density at radius 3 is 2.68 bits per heavy atom. The van der Waals surface area contributed by atoms with Gasteiger partial charge in [0.2, 0.25) is 0 Å². The fourth-order valence-electron chi connectivity index (χ4n) is 4.48. The highest BCUT2D eigenvalue weighted by molar-refractivity contribution is 7.99. The van der Waals surface area contributed by atoms with E-state index >= 15 is 0 Å². The van der Waals surface area contributed by atoms with E-state index < -0.39 is 5.97 Å². The quantitative estimate of drug-likeness (QED) is 0.520. The second kappa shape index (κ2) is 11.7. The van der Waals surface area contributed by atoms with Crippen LogP contribution in [0.15, 0.2) is 17.2 Å². The van der Waals surface area contributed by atoms with E-state index in [0.29, 0.717) is 18.0 Å². The van der Waals surface area contributed by atoms with Gasteiger partial charge in [-0.05, 0) is 61.8 Å². The van der Waals surface area contributed by atoms with Crippen LogP contribution in [0.1, 0.15) is 82.0 Å². The number of nitrogens with one attached hydrogen (secondary N) is 1. The Balaban J connectivity index is 1.75. The predicted molar refractivity (Wildman–Crippen MR) is 126 cm³/mol. The number of nitrogens with zero attached hydrogens (tertiary/aromatic N) is 2. The van der Waals surface area contributed by atoms with E-state index in [1.54, 1.807) is 11.8 Å². The standard InChI is InChI=1S/C24H37N3O3S/c1-17(2)12-14-31-24-20(23(30)25-19-8-4-3-5-9-19)10-11-21(26-24)27-13-6-7-18(16-27)15-22(28)29/h10-11,17-19H,3-9,12-16H2,1-2H3,(H,25,30)(H,28,29)/t18-/m0/s1. The van der Waals surface area contributed by atoms with Crippen LogP contribution in [0.25, 0.3) is 0 Å². The lowest BCUT2D eigenvalue weighted by atomic mass is 9.95. The lowest BCUT2D eigenvalue weighted by molar-refractivity contribution is -0.138. The third-order valence-electron chi connectivity index (χ3n) is 6.27. The molecule has 31 heavy (non-hydrogen) atoms. The SMILES string of the molecule is CC(C)CCSc1nc(N2CCC[C@@H](CC(=O)O)C2)ccc1C(=O)NC1CCCCC1. The summed E-state index contributed by atoms with van der Waals surface area (Å²) < 4.78 is 0. The number of aromatic nitrogens is 1. The monoisotopic (exact) mass is 447 g/mol. The summed E-state index contributed by atoms with van der Waals surface area (Å²) >= 11 is 1.66. The minimum absolute atomic E-state index is 0.0135. The highest BCUT2D eigenvalue weighted by atomic mass is 32.2. The van der Waals surface area contributed by atoms with Crippen molar-refractivity contribution in [2.45, 2.75) is 82.7 Å². The normalized spacial score (nSPS) is 20.1. The Bertz CT molecular complexity index is 750. The second-order valence-corrected chi connectivity index (χ2v) is 10.5. The Hall–Kier alpha value is -1.76. The zero-order valence-corrected chi connectivity index (χ0v) is 19.8. The van der Waals surface area contributed by atoms with Gasteiger partial charge in [0.1, 0.15) is 10.8 Å². The smallest absolute Gasteiger partial charge is 0.303 e. The molecule has 172 valence electrons. The Labute approximate surface area is 190 Å². The number of thioether (sulfide) groups is 1. The molecule has 2 aliphatic rings. The largest absolute Gasteiger partial charge is 0.481 e. The number of carboxylic acids is 1. The maximum atomic E-state index is 13.0. The van der Waals surface area contributed by atoms with Crippen molar-refractivity contribution in [2.75, 3.05) is 23.7 Å². The zero-order valence-electron chi connectivity index (χ0n) is 18.9. The number of pyridine rings is 1. The van der Waals surface area contributed by atoms with Gasteiger partial charge in [0.25, 0.3) is 5.91 Å². The van der Waals surface area contributed by atoms with Gasteiger partial charge in [0.05, 0.1) is 5.56 Å². The Morgan fingerprint density at radius 1 is 1.19 bits per heavy atom. The molecule has 2 heterocycles. The van der Waals surface area contributed by atoms with E-state index in [-0.39, 0.29) is 24.3 Å². The summed E-state index contributed by atoms with van der Waals surface area (Å²) in [5.74, 6) is 1.80. The molecule has 1 atom stereocenters. The van der Waals surface area contributed by atoms with E-state index in [1.165, 1.54) is 19.3 Å². The molecule has 1 aromatic rings. The molecular weight excluding hydrogens is 410 g/mol. The van der Waals surface area contributed by atoms with Crippen molar-refractivity contribution in [1.29, 1.82) is 0 Å². The lowest BCUT2D eigenvalue weighted by Crippen LogP contribution is -2.38. The number of carboxylic acid groups (broad SMARTS) is 1. The summed E-state index contributed by atoms with van der Waals surface area (Å²) in [6.45, 7) is 6.00. The molecule has 3 rings (SSSR count). The topological polar surface area (TPSA) is 82.5 Å². The molecule has 1 saturated heterocycles. The Kier molecular flexibility index (Phi) is 9.05. The minimum Gasteiger partial charge on any atom is -0.481 e. The van der Waals surface area contributed by atoms with Crippen LogP contribution in [0, 0.1) is 11.8 Å². The molecule has 7 heteroatoms. The number of hydrogen-bond acceptors (Lipinski definition) is 5. The van der Waals surface area contributed by atoms with Crippen molar-refractivity contribution in [2.24, 2.45) is 11.8 Å². The fourth-order valence-corrected chi connectivity index (χ4v) is 5.73. The first-order chi connectivity index (χ1) is 14.9. The molecule has 1 aliphatic heterocycles. The number of carbonyl (C=O) groups excluding carboxylic acids is 1. The highest BCUT2D eigenvalue weighted by Gasteiger charge is 2.25. The van der Waals surface area contributed by atoms with Crippen molar-refractivity contribution in [1.82, 2.24) is 10.3 Å². The van der Waals surface area contributed by atoms with Crippen molar-refractivity contribution in [3.63, 3.8) is 0 Å². The minimum atomic E-state index is -0.737. The van der Waals surface area contributed by atoms with E-state index in [0.717, 1.165) is 55.2 Å². The lowest BCUT2D eigenvalue weighted by Gasteiger charge is -2.33. The summed E-state index contributed by atoms with van der Waals surface area (Å²) in [5.41, 5.74) is 0.669. The molecule has 0 bridgehead atoms. The first kappa shape index (κ1) is 23.9. The van der Waals surface area contributed by atoms with Gasteiger partial charge in [-0.25, -0.2) is 4.98 Å². The number of carbonyl (C=O) groups is 2. The van der Waals surface area contributed by atoms with E-state index in [2.05, 4.69) is 24.1 Å². The molecule has 6 nitrogen and oxygen atoms in total. The summed E-state index contributed by atoms with van der Waals surface area (Å²) in [4.78, 5) is 31.3. The molecule has 0 radical (unpaired) electrons. The molecule has 0 aromatic carbocycles. The number of amides is 1. The maximum absolute atomic E-state index is 13.0. The number of aliphatic carboxylic acids is 1. The average molecular weight is 448 g/mol. The number of hydrogen-bond donors (Lipinski definition) is 2. The summed E-state index contributed by atoms with van der Waals surface area (Å²) in [5, 5.41) is 13.2. The van der Waals surface area contributed by atoms with Gasteiger partial charge < -0.3 is 15.3 Å². The molecule has 1 aliphatic carbocycles. The van der Waals surface area contributed by atoms with Gasteiger partial charge in [-0.3, -0.25) is 9.59 Å². The van der Waals surface area contributed by atoms with Crippen LogP contribution in [0.2, 0.25) is 0 Å². The van der Waals surface area contributed by atoms with Crippen LogP contribution in [0.5, 0.6) is 0 Å². The second-order valence-electron chi connectivity index (χ2n) is 9.41. The van der Waals surface area contributed by atoms with Gasteiger partial charge in [-0.1, -0.05) is 33.1 Å². The number of rotatable bonds is 9. The summed E-state index contributed by atoms with van der Waals surface area (Å²) in [6.07, 6.45) is 8.95. The van der Waals surface area contributed by atoms with Gasteiger partial charge >= 0.3 is 5.97 Å². The maximum Gasteiger partial charge on any atom is 0.303 e. The van der Waals surface area contributed by atoms with E-state index in [9.17, 15) is 9.59 Å². The molecule has 2 N–H and O–H groups in total. The van der Waals surface area contributed by atoms with Crippen molar-refractivity contribution in [3.05, 3.63) is 17.7 Å². The van der Waals surface area contributed by atoms with Gasteiger partial charge in [0.15, 0.2) is 0 Å². The Morgan fingerprint density at radius 2 is 1.97 bits per heavy atom. The molecule has 0 unspecified atom stereocenters. The van der Waals surface area contributed by atoms with Crippen LogP contribution in [0.3, 0.4) is 0 Å². The third kappa shape index (κ3) is 7.41. The van der Waals surface area contributed by atoms with E-state index in [4.69, 9.17) is 10.1 Å². The van der Waals surface area contributed by atoms with Crippen LogP contribution in [-0.4, -0.2) is 46.9 Å². The summed E-state index contributed by atoms with van der Waals surface area (Å²) in [6, 6.07) is 4.12. The fraction of sp³-hybridized carbons (Fsp3) is 0.708. The van der Waals surface area contributed by atoms with Crippen molar-refractivity contribution < 1.29 is 14.7 Å². The average Bonchev–Trinajstić information content (AvgIpc) is 2.74. The predicted octanol–water partition coefficient (Wildman–Crippen LogP) is 4.97.